The lowest BCUT2D eigenvalue weighted by Gasteiger charge is -2.11. The molecule has 2 aromatic heterocycles. The number of H-pyrrole nitrogens is 1. The Balaban J connectivity index is 1.34. The van der Waals surface area contributed by atoms with E-state index in [1.165, 1.54) is 0 Å². The maximum Gasteiger partial charge on any atom is 0.251 e. The predicted molar refractivity (Wildman–Crippen MR) is 137 cm³/mol. The number of carbonyl (C=O) groups is 1. The van der Waals surface area contributed by atoms with Crippen LogP contribution in [0.1, 0.15) is 21.5 Å². The van der Waals surface area contributed by atoms with Gasteiger partial charge in [0.15, 0.2) is 0 Å². The van der Waals surface area contributed by atoms with E-state index < -0.39 is 6.10 Å². The van der Waals surface area contributed by atoms with Gasteiger partial charge < -0.3 is 31.6 Å². The highest BCUT2D eigenvalue weighted by molar-refractivity contribution is 6.07. The van der Waals surface area contributed by atoms with Crippen molar-refractivity contribution < 1.29 is 15.0 Å². The second-order valence-corrected chi connectivity index (χ2v) is 8.23. The van der Waals surface area contributed by atoms with Crippen molar-refractivity contribution in [2.24, 2.45) is 5.73 Å². The van der Waals surface area contributed by atoms with Gasteiger partial charge in [-0.3, -0.25) is 10.2 Å². The minimum absolute atomic E-state index is 0.0184. The van der Waals surface area contributed by atoms with Crippen molar-refractivity contribution in [3.8, 4) is 11.1 Å². The second-order valence-electron chi connectivity index (χ2n) is 8.23. The van der Waals surface area contributed by atoms with E-state index >= 15 is 0 Å². The summed E-state index contributed by atoms with van der Waals surface area (Å²) >= 11 is 0. The summed E-state index contributed by atoms with van der Waals surface area (Å²) in [5.74, 6) is 0.453. The summed E-state index contributed by atoms with van der Waals surface area (Å²) < 4.78 is 0. The third-order valence-corrected chi connectivity index (χ3v) is 5.71. The van der Waals surface area contributed by atoms with Gasteiger partial charge >= 0.3 is 0 Å². The minimum Gasteiger partial charge on any atom is -0.394 e. The van der Waals surface area contributed by atoms with E-state index in [2.05, 4.69) is 20.6 Å². The van der Waals surface area contributed by atoms with Crippen LogP contribution < -0.4 is 16.4 Å². The van der Waals surface area contributed by atoms with Gasteiger partial charge in [-0.25, -0.2) is 4.98 Å². The Labute approximate surface area is 202 Å². The molecule has 180 valence electrons. The van der Waals surface area contributed by atoms with Gasteiger partial charge in [-0.2, -0.15) is 0 Å². The number of hydrogen-bond donors (Lipinski definition) is 7. The summed E-state index contributed by atoms with van der Waals surface area (Å²) in [7, 11) is 0. The van der Waals surface area contributed by atoms with Crippen molar-refractivity contribution >= 4 is 28.5 Å². The zero-order valence-corrected chi connectivity index (χ0v) is 19.1. The molecule has 1 unspecified atom stereocenters. The number of benzene rings is 2. The number of carbonyl (C=O) groups excluding carboxylic acids is 1. The Hall–Kier alpha value is -4.21. The summed E-state index contributed by atoms with van der Waals surface area (Å²) in [4.78, 5) is 19.9. The number of nitrogens with two attached hydrogens (primary N) is 1. The van der Waals surface area contributed by atoms with E-state index in [1.54, 1.807) is 24.5 Å². The number of nitrogens with one attached hydrogen (secondary N) is 4. The number of nitrogens with zero attached hydrogens (tertiary/aromatic N) is 1. The van der Waals surface area contributed by atoms with Gasteiger partial charge in [0.1, 0.15) is 11.7 Å². The first-order valence-corrected chi connectivity index (χ1v) is 11.3. The highest BCUT2D eigenvalue weighted by Crippen LogP contribution is 2.22. The van der Waals surface area contributed by atoms with Crippen molar-refractivity contribution in [3.63, 3.8) is 0 Å². The van der Waals surface area contributed by atoms with Gasteiger partial charge in [0.25, 0.3) is 5.91 Å². The summed E-state index contributed by atoms with van der Waals surface area (Å²) in [5.41, 5.74) is 10.7. The molecule has 2 aromatic carbocycles. The molecule has 9 heteroatoms. The Morgan fingerprint density at radius 2 is 1.91 bits per heavy atom. The smallest absolute Gasteiger partial charge is 0.251 e. The molecule has 1 amide bonds. The number of aliphatic hydroxyl groups excluding tert-OH is 2. The number of amides is 1. The SMILES string of the molecule is N=C(N)c1c[nH]c2ccc(CCNC(=O)c3ccc(-c4ccnc(NCC(O)CO)c4)cc3)cc12. The lowest BCUT2D eigenvalue weighted by atomic mass is 10.0. The second kappa shape index (κ2) is 10.8. The van der Waals surface area contributed by atoms with Crippen molar-refractivity contribution in [1.82, 2.24) is 15.3 Å². The van der Waals surface area contributed by atoms with Gasteiger partial charge in [0, 0.05) is 47.5 Å². The van der Waals surface area contributed by atoms with Crippen LogP contribution in [-0.4, -0.2) is 57.7 Å². The molecule has 8 N–H and O–H groups in total. The van der Waals surface area contributed by atoms with Crippen molar-refractivity contribution in [2.75, 3.05) is 25.0 Å². The Kier molecular flexibility index (Phi) is 7.39. The fraction of sp³-hybridized carbons (Fsp3) is 0.192. The van der Waals surface area contributed by atoms with E-state index in [-0.39, 0.29) is 24.9 Å². The third-order valence-electron chi connectivity index (χ3n) is 5.71. The lowest BCUT2D eigenvalue weighted by Crippen LogP contribution is -2.25. The van der Waals surface area contributed by atoms with E-state index in [0.717, 1.165) is 27.6 Å². The number of amidine groups is 1. The van der Waals surface area contributed by atoms with E-state index in [9.17, 15) is 9.90 Å². The molecule has 0 saturated heterocycles. The number of aliphatic hydroxyl groups is 2. The van der Waals surface area contributed by atoms with Crippen LogP contribution in [0, 0.1) is 5.41 Å². The standard InChI is InChI=1S/C26H28N6O3/c27-25(28)22-14-31-23-6-1-16(11-21(22)23)7-9-30-26(35)18-4-2-17(3-5-18)19-8-10-29-24(12-19)32-13-20(34)15-33/h1-6,8,10-12,14,20,31,33-34H,7,9,13,15H2,(H3,27,28)(H,29,32)(H,30,35). The zero-order valence-electron chi connectivity index (χ0n) is 19.1. The lowest BCUT2D eigenvalue weighted by molar-refractivity contribution is 0.0954. The molecule has 0 aliphatic heterocycles. The van der Waals surface area contributed by atoms with Gasteiger partial charge in [0.2, 0.25) is 0 Å². The molecule has 0 bridgehead atoms. The Bertz CT molecular complexity index is 1330. The number of fused-ring (bicyclic) bond motifs is 1. The first-order chi connectivity index (χ1) is 16.9. The minimum atomic E-state index is -0.854. The largest absolute Gasteiger partial charge is 0.394 e. The average molecular weight is 473 g/mol. The van der Waals surface area contributed by atoms with Crippen LogP contribution in [0.5, 0.6) is 0 Å². The Morgan fingerprint density at radius 1 is 1.11 bits per heavy atom. The van der Waals surface area contributed by atoms with Gasteiger partial charge in [-0.15, -0.1) is 0 Å². The van der Waals surface area contributed by atoms with Crippen LogP contribution in [-0.2, 0) is 6.42 Å². The zero-order chi connectivity index (χ0) is 24.8. The van der Waals surface area contributed by atoms with Gasteiger partial charge in [-0.1, -0.05) is 18.2 Å². The van der Waals surface area contributed by atoms with Crippen molar-refractivity contribution in [3.05, 3.63) is 83.7 Å². The summed E-state index contributed by atoms with van der Waals surface area (Å²) in [6.45, 7) is 0.354. The first kappa shape index (κ1) is 23.9. The van der Waals surface area contributed by atoms with Crippen LogP contribution in [0.2, 0.25) is 0 Å². The molecule has 0 fully saturated rings. The normalized spacial score (nSPS) is 11.8. The highest BCUT2D eigenvalue weighted by atomic mass is 16.3. The van der Waals surface area contributed by atoms with E-state index in [1.807, 2.05) is 42.5 Å². The maximum atomic E-state index is 12.6. The van der Waals surface area contributed by atoms with Crippen LogP contribution in [0.3, 0.4) is 0 Å². The molecule has 2 heterocycles. The molecule has 0 aliphatic rings. The summed E-state index contributed by atoms with van der Waals surface area (Å²) in [6.07, 6.45) is 3.19. The number of pyridine rings is 1. The number of aromatic amines is 1. The molecular weight excluding hydrogens is 444 g/mol. The van der Waals surface area contributed by atoms with Gasteiger partial charge in [-0.05, 0) is 59.5 Å². The molecule has 0 radical (unpaired) electrons. The number of hydrogen-bond acceptors (Lipinski definition) is 6. The third kappa shape index (κ3) is 5.84. The van der Waals surface area contributed by atoms with Gasteiger partial charge in [0.05, 0.1) is 12.7 Å². The van der Waals surface area contributed by atoms with Crippen LogP contribution in [0.4, 0.5) is 5.82 Å². The molecule has 1 atom stereocenters. The quantitative estimate of drug-likeness (QED) is 0.138. The van der Waals surface area contributed by atoms with Crippen molar-refractivity contribution in [1.29, 1.82) is 5.41 Å². The fourth-order valence-corrected chi connectivity index (χ4v) is 3.78. The maximum absolute atomic E-state index is 12.6. The Morgan fingerprint density at radius 3 is 2.66 bits per heavy atom. The van der Waals surface area contributed by atoms with Crippen LogP contribution in [0.15, 0.2) is 67.0 Å². The number of anilines is 1. The number of nitrogen functional groups attached to an aromatic ring is 1. The van der Waals surface area contributed by atoms with Crippen molar-refractivity contribution in [2.45, 2.75) is 12.5 Å². The monoisotopic (exact) mass is 472 g/mol. The summed E-state index contributed by atoms with van der Waals surface area (Å²) in [5, 5.41) is 32.9. The van der Waals surface area contributed by atoms with E-state index in [4.69, 9.17) is 16.2 Å². The summed E-state index contributed by atoms with van der Waals surface area (Å²) in [6, 6.07) is 16.9. The molecule has 0 spiro atoms. The molecule has 4 rings (SSSR count). The highest BCUT2D eigenvalue weighted by Gasteiger charge is 2.09. The molecular formula is C26H28N6O3. The molecule has 4 aromatic rings. The fourth-order valence-electron chi connectivity index (χ4n) is 3.78. The average Bonchev–Trinajstić information content (AvgIpc) is 3.31. The molecule has 0 saturated carbocycles. The number of aromatic nitrogens is 2. The van der Waals surface area contributed by atoms with E-state index in [0.29, 0.717) is 29.9 Å². The topological polar surface area (TPSA) is 160 Å². The molecule has 9 nitrogen and oxygen atoms in total. The molecule has 0 aliphatic carbocycles. The van der Waals surface area contributed by atoms with Crippen LogP contribution in [0.25, 0.3) is 22.0 Å². The molecule has 35 heavy (non-hydrogen) atoms. The number of rotatable bonds is 10. The predicted octanol–water partition coefficient (Wildman–Crippen LogP) is 2.25. The first-order valence-electron chi connectivity index (χ1n) is 11.3. The van der Waals surface area contributed by atoms with Crippen LogP contribution >= 0.6 is 0 Å².